The molecule has 7 nitrogen and oxygen atoms in total. The van der Waals surface area contributed by atoms with E-state index in [1.54, 1.807) is 6.20 Å². The molecule has 8 heteroatoms. The second-order valence-corrected chi connectivity index (χ2v) is 7.24. The number of aromatic nitrogens is 6. The maximum Gasteiger partial charge on any atom is 0.204 e. The minimum Gasteiger partial charge on any atom is -0.294 e. The van der Waals surface area contributed by atoms with E-state index in [4.69, 9.17) is 0 Å². The first-order valence-electron chi connectivity index (χ1n) is 8.50. The fourth-order valence-corrected chi connectivity index (χ4v) is 3.76. The summed E-state index contributed by atoms with van der Waals surface area (Å²) in [5, 5.41) is 15.2. The summed E-state index contributed by atoms with van der Waals surface area (Å²) >= 11 is 1.54. The number of aryl methyl sites for hydroxylation is 2. The van der Waals surface area contributed by atoms with Crippen molar-refractivity contribution in [2.24, 2.45) is 0 Å². The van der Waals surface area contributed by atoms with Crippen molar-refractivity contribution in [3.05, 3.63) is 64.4 Å². The Kier molecular flexibility index (Phi) is 4.41. The van der Waals surface area contributed by atoms with Gasteiger partial charge in [-0.05, 0) is 32.1 Å². The number of tetrazole rings is 1. The lowest BCUT2D eigenvalue weighted by Gasteiger charge is -2.05. The molecular weight excluding hydrogens is 360 g/mol. The van der Waals surface area contributed by atoms with Crippen molar-refractivity contribution in [1.82, 2.24) is 29.8 Å². The number of Topliss-reactive ketones (excluding diaryl/α,β-unsaturated/α-hetero) is 1. The van der Waals surface area contributed by atoms with Crippen molar-refractivity contribution in [2.45, 2.75) is 27.3 Å². The lowest BCUT2D eigenvalue weighted by Crippen LogP contribution is -2.14. The summed E-state index contributed by atoms with van der Waals surface area (Å²) in [7, 11) is 0. The summed E-state index contributed by atoms with van der Waals surface area (Å²) in [5.74, 6) is 0.454. The Morgan fingerprint density at radius 2 is 1.93 bits per heavy atom. The van der Waals surface area contributed by atoms with E-state index in [-0.39, 0.29) is 12.3 Å². The third-order valence-electron chi connectivity index (χ3n) is 4.39. The molecule has 136 valence electrons. The van der Waals surface area contributed by atoms with Gasteiger partial charge in [-0.25, -0.2) is 4.98 Å². The normalized spacial score (nSPS) is 11.1. The number of benzene rings is 1. The highest BCUT2D eigenvalue weighted by Crippen LogP contribution is 2.23. The topological polar surface area (TPSA) is 78.5 Å². The molecule has 0 fully saturated rings. The molecule has 0 amide bonds. The fourth-order valence-electron chi connectivity index (χ4n) is 3.01. The number of thiazole rings is 1. The van der Waals surface area contributed by atoms with Crippen LogP contribution in [0.4, 0.5) is 0 Å². The molecule has 0 radical (unpaired) electrons. The van der Waals surface area contributed by atoms with Crippen molar-refractivity contribution in [2.75, 3.05) is 0 Å². The first kappa shape index (κ1) is 17.3. The predicted octanol–water partition coefficient (Wildman–Crippen LogP) is 3.40. The molecule has 4 rings (SSSR count). The Labute approximate surface area is 160 Å². The average molecular weight is 378 g/mol. The van der Waals surface area contributed by atoms with E-state index in [1.165, 1.54) is 16.1 Å². The van der Waals surface area contributed by atoms with Crippen LogP contribution in [0.1, 0.15) is 27.3 Å². The summed E-state index contributed by atoms with van der Waals surface area (Å²) in [5.41, 5.74) is 4.53. The Balaban J connectivity index is 1.57. The standard InChI is InChI=1S/C19H18N6OS/c1-12-4-6-15(7-5-12)18-21-23-24(22-18)11-17(26)16-10-13(2)25(14(16)3)19-20-8-9-27-19/h4-10H,11H2,1-3H3. The highest BCUT2D eigenvalue weighted by Gasteiger charge is 2.19. The summed E-state index contributed by atoms with van der Waals surface area (Å²) < 4.78 is 1.99. The van der Waals surface area contributed by atoms with Gasteiger partial charge in [0.25, 0.3) is 0 Å². The van der Waals surface area contributed by atoms with Crippen molar-refractivity contribution in [3.8, 4) is 16.5 Å². The largest absolute Gasteiger partial charge is 0.294 e. The molecule has 0 spiro atoms. The van der Waals surface area contributed by atoms with E-state index in [2.05, 4.69) is 20.4 Å². The van der Waals surface area contributed by atoms with Crippen LogP contribution in [0.3, 0.4) is 0 Å². The van der Waals surface area contributed by atoms with Gasteiger partial charge in [0.2, 0.25) is 5.82 Å². The Morgan fingerprint density at radius 3 is 2.63 bits per heavy atom. The molecular formula is C19H18N6OS. The number of rotatable bonds is 5. The van der Waals surface area contributed by atoms with Gasteiger partial charge in [0.1, 0.15) is 6.54 Å². The van der Waals surface area contributed by atoms with Crippen LogP contribution in [-0.2, 0) is 6.54 Å². The number of ketones is 1. The smallest absolute Gasteiger partial charge is 0.204 e. The molecule has 0 aliphatic carbocycles. The molecule has 3 heterocycles. The van der Waals surface area contributed by atoms with Crippen molar-refractivity contribution in [3.63, 3.8) is 0 Å². The number of hydrogen-bond donors (Lipinski definition) is 0. The van der Waals surface area contributed by atoms with Crippen molar-refractivity contribution < 1.29 is 4.79 Å². The Bertz CT molecular complexity index is 1090. The number of carbonyl (C=O) groups is 1. The van der Waals surface area contributed by atoms with Gasteiger partial charge in [0.15, 0.2) is 10.9 Å². The second kappa shape index (κ2) is 6.88. The number of hydrogen-bond acceptors (Lipinski definition) is 6. The Hall–Kier alpha value is -3.13. The maximum absolute atomic E-state index is 12.8. The molecule has 4 aromatic rings. The van der Waals surface area contributed by atoms with Gasteiger partial charge in [-0.2, -0.15) is 4.80 Å². The molecule has 0 saturated heterocycles. The van der Waals surface area contributed by atoms with E-state index in [0.717, 1.165) is 27.6 Å². The first-order chi connectivity index (χ1) is 13.0. The lowest BCUT2D eigenvalue weighted by atomic mass is 10.1. The van der Waals surface area contributed by atoms with Gasteiger partial charge in [0, 0.05) is 34.1 Å². The Morgan fingerprint density at radius 1 is 1.15 bits per heavy atom. The van der Waals surface area contributed by atoms with Gasteiger partial charge in [-0.1, -0.05) is 29.8 Å². The van der Waals surface area contributed by atoms with E-state index in [0.29, 0.717) is 11.4 Å². The van der Waals surface area contributed by atoms with Crippen LogP contribution in [0.25, 0.3) is 16.5 Å². The average Bonchev–Trinajstić information content (AvgIpc) is 3.37. The minimum absolute atomic E-state index is 0.0427. The molecule has 3 aromatic heterocycles. The number of nitrogens with zero attached hydrogens (tertiary/aromatic N) is 6. The summed E-state index contributed by atoms with van der Waals surface area (Å²) in [4.78, 5) is 18.5. The highest BCUT2D eigenvalue weighted by molar-refractivity contribution is 7.12. The fraction of sp³-hybridized carbons (Fsp3) is 0.211. The summed E-state index contributed by atoms with van der Waals surface area (Å²) in [6, 6.07) is 9.76. The van der Waals surface area contributed by atoms with E-state index < -0.39 is 0 Å². The molecule has 0 unspecified atom stereocenters. The SMILES string of the molecule is Cc1ccc(-c2nnn(CC(=O)c3cc(C)n(-c4nccs4)c3C)n2)cc1. The molecule has 0 N–H and O–H groups in total. The van der Waals surface area contributed by atoms with Crippen LogP contribution in [0.2, 0.25) is 0 Å². The molecule has 0 aliphatic rings. The molecule has 0 saturated carbocycles. The third kappa shape index (κ3) is 3.31. The first-order valence-corrected chi connectivity index (χ1v) is 9.38. The van der Waals surface area contributed by atoms with Crippen LogP contribution in [0.5, 0.6) is 0 Å². The highest BCUT2D eigenvalue weighted by atomic mass is 32.1. The molecule has 0 aliphatic heterocycles. The summed E-state index contributed by atoms with van der Waals surface area (Å²) in [6.07, 6.45) is 1.76. The van der Waals surface area contributed by atoms with Gasteiger partial charge >= 0.3 is 0 Å². The molecule has 0 atom stereocenters. The zero-order chi connectivity index (χ0) is 19.0. The van der Waals surface area contributed by atoms with E-state index in [1.807, 2.05) is 61.1 Å². The van der Waals surface area contributed by atoms with Crippen LogP contribution >= 0.6 is 11.3 Å². The summed E-state index contributed by atoms with van der Waals surface area (Å²) in [6.45, 7) is 5.96. The van der Waals surface area contributed by atoms with Gasteiger partial charge in [-0.3, -0.25) is 9.36 Å². The van der Waals surface area contributed by atoms with Crippen molar-refractivity contribution >= 4 is 17.1 Å². The third-order valence-corrected chi connectivity index (χ3v) is 5.15. The van der Waals surface area contributed by atoms with Crippen LogP contribution in [0, 0.1) is 20.8 Å². The van der Waals surface area contributed by atoms with Crippen LogP contribution in [-0.4, -0.2) is 35.5 Å². The van der Waals surface area contributed by atoms with E-state index in [9.17, 15) is 4.79 Å². The maximum atomic E-state index is 12.8. The molecule has 27 heavy (non-hydrogen) atoms. The van der Waals surface area contributed by atoms with E-state index >= 15 is 0 Å². The van der Waals surface area contributed by atoms with Crippen LogP contribution < -0.4 is 0 Å². The van der Waals surface area contributed by atoms with Crippen LogP contribution in [0.15, 0.2) is 41.9 Å². The molecule has 0 bridgehead atoms. The zero-order valence-corrected chi connectivity index (χ0v) is 16.1. The monoisotopic (exact) mass is 378 g/mol. The second-order valence-electron chi connectivity index (χ2n) is 6.37. The van der Waals surface area contributed by atoms with Gasteiger partial charge in [0.05, 0.1) is 0 Å². The lowest BCUT2D eigenvalue weighted by molar-refractivity contribution is 0.0961. The molecule has 1 aromatic carbocycles. The van der Waals surface area contributed by atoms with Gasteiger partial charge < -0.3 is 0 Å². The van der Waals surface area contributed by atoms with Gasteiger partial charge in [-0.15, -0.1) is 21.5 Å². The zero-order valence-electron chi connectivity index (χ0n) is 15.2. The predicted molar refractivity (Wildman–Crippen MR) is 103 cm³/mol. The number of carbonyl (C=O) groups excluding carboxylic acids is 1. The van der Waals surface area contributed by atoms with Crippen molar-refractivity contribution in [1.29, 1.82) is 0 Å². The minimum atomic E-state index is -0.0567. The quantitative estimate of drug-likeness (QED) is 0.497.